The van der Waals surface area contributed by atoms with Crippen molar-refractivity contribution in [2.24, 2.45) is 11.5 Å². The highest BCUT2D eigenvalue weighted by Crippen LogP contribution is 2.44. The number of aromatic carboxylic acids is 1. The highest BCUT2D eigenvalue weighted by atomic mass is 127. The fourth-order valence-corrected chi connectivity index (χ4v) is 26.7. The Hall–Kier alpha value is -2.08. The fourth-order valence-electron chi connectivity index (χ4n) is 10.9. The molecule has 0 fully saturated rings. The Morgan fingerprint density at radius 2 is 0.630 bits per heavy atom. The van der Waals surface area contributed by atoms with Crippen molar-refractivity contribution in [3.8, 4) is 109 Å². The van der Waals surface area contributed by atoms with Crippen LogP contribution in [0.2, 0.25) is 0 Å². The molecule has 0 aliphatic carbocycles. The van der Waals surface area contributed by atoms with E-state index < -0.39 is 47.9 Å². The third-order valence-electron chi connectivity index (χ3n) is 17.3. The molecule has 27 nitrogen and oxygen atoms in total. The average molecular weight is 3860 g/mol. The molecule has 12 rings (SSSR count). The zero-order chi connectivity index (χ0) is 101. The van der Waals surface area contributed by atoms with E-state index >= 15 is 0 Å². The van der Waals surface area contributed by atoms with E-state index in [1.165, 1.54) is 12.1 Å². The quantitative estimate of drug-likeness (QED) is 0.0203. The summed E-state index contributed by atoms with van der Waals surface area (Å²) >= 11 is 37.7. The lowest BCUT2D eigenvalue weighted by atomic mass is 10.0. The van der Waals surface area contributed by atoms with Crippen LogP contribution in [0.15, 0.2) is 170 Å². The Morgan fingerprint density at radius 3 is 0.963 bits per heavy atom. The second kappa shape index (κ2) is 57.7. The predicted molar refractivity (Wildman–Crippen MR) is 661 cm³/mol. The second-order valence-corrected chi connectivity index (χ2v) is 48.8. The largest absolute Gasteiger partial charge is 0.508 e. The van der Waals surface area contributed by atoms with Gasteiger partial charge in [0.2, 0.25) is 0 Å². The lowest BCUT2D eigenvalue weighted by Crippen LogP contribution is -2.32. The minimum absolute atomic E-state index is 0.0126. The highest BCUT2D eigenvalue weighted by Gasteiger charge is 2.23. The van der Waals surface area contributed by atoms with Gasteiger partial charge in [0.1, 0.15) is 98.3 Å². The molecular formula is C90H68I18N2O25. The number of hydrogen-bond donors (Lipinski definition) is 14. The Morgan fingerprint density at radius 1 is 0.311 bits per heavy atom. The van der Waals surface area contributed by atoms with Crippen LogP contribution in [0.25, 0.3) is 0 Å². The van der Waals surface area contributed by atoms with Gasteiger partial charge < -0.3 is 106 Å². The topological polar surface area (TPSA) is 462 Å². The summed E-state index contributed by atoms with van der Waals surface area (Å²) in [4.78, 5) is 64.8. The summed E-state index contributed by atoms with van der Waals surface area (Å²) in [5.74, 6) is 4.03. The van der Waals surface area contributed by atoms with Gasteiger partial charge in [0.25, 0.3) is 0 Å². The fraction of sp³-hybridized carbons (Fsp3) is 0.133. The van der Waals surface area contributed by atoms with Gasteiger partial charge in [-0.3, -0.25) is 19.2 Å². The molecule has 2 atom stereocenters. The molecule has 135 heavy (non-hydrogen) atoms. The normalized spacial score (nSPS) is 11.1. The summed E-state index contributed by atoms with van der Waals surface area (Å²) in [5.41, 5.74) is 16.4. The zero-order valence-electron chi connectivity index (χ0n) is 68.8. The van der Waals surface area contributed by atoms with Crippen LogP contribution in [-0.2, 0) is 49.7 Å². The minimum atomic E-state index is -1.02. The zero-order valence-corrected chi connectivity index (χ0v) is 108. The van der Waals surface area contributed by atoms with E-state index in [0.29, 0.717) is 100 Å². The smallest absolute Gasteiger partial charge is 0.341 e. The van der Waals surface area contributed by atoms with Crippen molar-refractivity contribution in [2.75, 3.05) is 6.61 Å². The molecule has 0 heterocycles. The van der Waals surface area contributed by atoms with Gasteiger partial charge in [-0.05, 0) is 636 Å². The van der Waals surface area contributed by atoms with Gasteiger partial charge in [0, 0.05) is 12.0 Å². The Labute approximate surface area is 1020 Å². The van der Waals surface area contributed by atoms with Crippen LogP contribution >= 0.6 is 407 Å². The molecule has 12 aromatic carbocycles. The van der Waals surface area contributed by atoms with E-state index in [0.717, 1.165) is 78.4 Å². The van der Waals surface area contributed by atoms with Gasteiger partial charge in [-0.1, -0.05) is 13.8 Å². The second-order valence-electron chi connectivity index (χ2n) is 27.9. The first-order valence-corrected chi connectivity index (χ1v) is 57.1. The molecule has 714 valence electrons. The molecule has 16 N–H and O–H groups in total. The molecule has 2 unspecified atom stereocenters. The Bertz CT molecular complexity index is 6230. The first-order chi connectivity index (χ1) is 63.2. The number of phenols is 6. The number of aryl methyl sites for hydroxylation is 2. The van der Waals surface area contributed by atoms with Crippen LogP contribution in [0.5, 0.6) is 109 Å². The van der Waals surface area contributed by atoms with E-state index in [-0.39, 0.29) is 78.3 Å². The maximum atomic E-state index is 11.0. The Balaban J connectivity index is 0.000000221. The molecular weight excluding hydrogens is 3790 g/mol. The van der Waals surface area contributed by atoms with Crippen molar-refractivity contribution in [3.63, 3.8) is 0 Å². The van der Waals surface area contributed by atoms with Gasteiger partial charge in [-0.2, -0.15) is 0 Å². The maximum Gasteiger partial charge on any atom is 0.341 e. The molecule has 0 spiro atoms. The molecule has 0 aliphatic rings. The van der Waals surface area contributed by atoms with Crippen LogP contribution in [-0.4, -0.2) is 116 Å². The van der Waals surface area contributed by atoms with Crippen molar-refractivity contribution < 1.29 is 123 Å². The van der Waals surface area contributed by atoms with E-state index in [1.54, 1.807) is 103 Å². The summed E-state index contributed by atoms with van der Waals surface area (Å²) in [6.45, 7) is 5.49. The summed E-state index contributed by atoms with van der Waals surface area (Å²) in [7, 11) is 0. The average Bonchev–Trinajstić information content (AvgIpc) is 0.834. The van der Waals surface area contributed by atoms with Gasteiger partial charge in [0.05, 0.1) is 76.2 Å². The molecule has 0 aromatic heterocycles. The number of nitrogens with two attached hydrogens (primary N) is 2. The molecule has 0 bridgehead atoms. The van der Waals surface area contributed by atoms with E-state index in [1.807, 2.05) is 166 Å². The molecule has 12 aromatic rings. The van der Waals surface area contributed by atoms with E-state index in [4.69, 9.17) is 75.3 Å². The van der Waals surface area contributed by atoms with Crippen molar-refractivity contribution >= 4 is 442 Å². The van der Waals surface area contributed by atoms with Crippen LogP contribution in [0.3, 0.4) is 0 Å². The van der Waals surface area contributed by atoms with Gasteiger partial charge in [-0.15, -0.1) is 0 Å². The van der Waals surface area contributed by atoms with Gasteiger partial charge >= 0.3 is 35.8 Å². The van der Waals surface area contributed by atoms with Crippen molar-refractivity contribution in [1.82, 2.24) is 0 Å². The number of aromatic hydroxyl groups is 6. The van der Waals surface area contributed by atoms with Crippen LogP contribution in [0.1, 0.15) is 69.9 Å². The van der Waals surface area contributed by atoms with Crippen molar-refractivity contribution in [3.05, 3.63) is 273 Å². The lowest BCUT2D eigenvalue weighted by Gasteiger charge is -2.15. The maximum absolute atomic E-state index is 11.0. The summed E-state index contributed by atoms with van der Waals surface area (Å²) in [6.07, 6.45) is 1.12. The summed E-state index contributed by atoms with van der Waals surface area (Å²) in [6, 6.07) is 47.0. The number of aliphatic carboxylic acids is 5. The predicted octanol–water partition coefficient (Wildman–Crippen LogP) is 28.1. The number of benzene rings is 12. The molecule has 0 saturated heterocycles. The van der Waals surface area contributed by atoms with Crippen molar-refractivity contribution in [1.29, 1.82) is 0 Å². The number of halogens is 18. The van der Waals surface area contributed by atoms with E-state index in [2.05, 4.69) is 316 Å². The standard InChI is InChI=1S/C18H19IO5.C15H11I4NO4.C15H12I3NO4.C15H11I3O4.C14H8I4O4.C13H7I3O4/c1-10(2)14-7-12(4-5-16(14)20)24-18-11(3)6-13(8-15(18)19)23-9-17(21)22;16-8-4-7(5-9(17)13(8)21)24-14-10(18)1-6(2-11(14)19)3-12(20)15(22)23;16-9-6-8(1-2-13(9)20)23-14-10(17)3-7(4-11(14)18)5-12(19)15(21)22;16-10-7-9(2-3-13(10)19)22-15-11(17)5-8(6-12(15)18)1-4-14(20)21;15-8-4-7(5-9(16)13(8)21)22-14-10(17)1-6(2-11(14)18)3-12(19)20;14-8-2-1-6(13(18)19)3-11(8)20-7-4-9(15)12(17)10(16)5-7/h4-8,10,20H,9H2,1-3H3,(H,21,22);1-2,4-5,12,21H,3,20H2,(H,22,23);1-4,6,12,20H,5,19H2,(H,21,22);2-3,5-7,19H,1,4H2,(H,20,21);1-2,4-5,21H,3H2,(H,19,20);1-5,17H,(H,18,19). The van der Waals surface area contributed by atoms with Crippen LogP contribution < -0.4 is 44.6 Å². The number of carboxylic acid groups (broad SMARTS) is 6. The van der Waals surface area contributed by atoms with Crippen LogP contribution in [0.4, 0.5) is 0 Å². The van der Waals surface area contributed by atoms with Crippen LogP contribution in [0, 0.1) is 71.2 Å². The third-order valence-corrected chi connectivity index (χ3v) is 32.0. The molecule has 0 radical (unpaired) electrons. The molecule has 0 aliphatic heterocycles. The SMILES string of the molecule is Cc1cc(OCC(=O)O)cc(I)c1Oc1ccc(O)c(C(C)C)c1.NC(Cc1cc(I)c(Oc2cc(I)c(O)c(I)c2)c(I)c1)C(=O)O.NC(Cc1cc(I)c(Oc2ccc(O)c(I)c2)c(I)c1)C(=O)O.O=C(O)CCc1cc(I)c(Oc2ccc(O)c(I)c2)c(I)c1.O=C(O)Cc1cc(I)c(Oc2cc(I)c(O)c(I)c2)c(I)c1.O=C(O)c1ccc(I)c(Oc2cc(I)c(O)c(I)c2)c1. The molecule has 0 saturated carbocycles. The molecule has 0 amide bonds. The molecule has 45 heteroatoms. The first-order valence-electron chi connectivity index (χ1n) is 37.7. The highest BCUT2D eigenvalue weighted by molar-refractivity contribution is 14.1. The summed E-state index contributed by atoms with van der Waals surface area (Å²) in [5, 5.41) is 112. The number of ether oxygens (including phenoxy) is 7. The monoisotopic (exact) mass is 3860 g/mol. The number of carboxylic acids is 6. The minimum Gasteiger partial charge on any atom is -0.508 e. The number of carbonyl (C=O) groups is 6. The van der Waals surface area contributed by atoms with E-state index in [9.17, 15) is 59.4 Å². The van der Waals surface area contributed by atoms with Gasteiger partial charge in [0.15, 0.2) is 29.6 Å². The third kappa shape index (κ3) is 38.7. The first kappa shape index (κ1) is 120. The number of phenolic OH excluding ortho intramolecular Hbond substituents is 6. The van der Waals surface area contributed by atoms with Gasteiger partial charge in [-0.25, -0.2) is 9.59 Å². The number of hydrogen-bond acceptors (Lipinski definition) is 21. The lowest BCUT2D eigenvalue weighted by molar-refractivity contribution is -0.140. The Kier molecular flexibility index (Phi) is 51.2. The van der Waals surface area contributed by atoms with Crippen molar-refractivity contribution in [2.45, 2.75) is 70.9 Å². The number of rotatable bonds is 28. The summed E-state index contributed by atoms with van der Waals surface area (Å²) < 4.78 is 54.9.